The van der Waals surface area contributed by atoms with E-state index in [9.17, 15) is 0 Å². The molecular weight excluding hydrogens is 266 g/mol. The Morgan fingerprint density at radius 2 is 1.68 bits per heavy atom. The summed E-state index contributed by atoms with van der Waals surface area (Å²) in [4.78, 5) is 2.40. The molecule has 2 aromatic rings. The lowest BCUT2D eigenvalue weighted by molar-refractivity contribution is 0.546. The van der Waals surface area contributed by atoms with Crippen molar-refractivity contribution < 1.29 is 0 Å². The van der Waals surface area contributed by atoms with Crippen molar-refractivity contribution in [1.82, 2.24) is 0 Å². The van der Waals surface area contributed by atoms with E-state index < -0.39 is 0 Å². The molecule has 1 nitrogen and oxygen atoms in total. The second kappa shape index (κ2) is 5.31. The van der Waals surface area contributed by atoms with Crippen LogP contribution in [0, 0.1) is 13.8 Å². The summed E-state index contributed by atoms with van der Waals surface area (Å²) in [6, 6.07) is 15.4. The van der Waals surface area contributed by atoms with Crippen molar-refractivity contribution in [2.24, 2.45) is 0 Å². The van der Waals surface area contributed by atoms with Gasteiger partial charge in [0.1, 0.15) is 0 Å². The molecule has 1 unspecified atom stereocenters. The average molecular weight is 291 g/mol. The molecule has 0 saturated heterocycles. The van der Waals surface area contributed by atoms with Crippen LogP contribution < -0.4 is 4.90 Å². The van der Waals surface area contributed by atoms with Crippen LogP contribution in [0.1, 0.15) is 42.5 Å². The minimum absolute atomic E-state index is 0.0442. The SMILES string of the molecule is C=C1N(Cc2ccccc2)c2cc(C)c(C)cc2C1(C)CC. The monoisotopic (exact) mass is 291 g/mol. The van der Waals surface area contributed by atoms with Crippen LogP contribution in [0.15, 0.2) is 54.7 Å². The van der Waals surface area contributed by atoms with Crippen LogP contribution >= 0.6 is 0 Å². The van der Waals surface area contributed by atoms with Gasteiger partial charge in [-0.3, -0.25) is 0 Å². The highest BCUT2D eigenvalue weighted by molar-refractivity contribution is 5.72. The molecular formula is C21H25N. The molecule has 3 rings (SSSR count). The number of anilines is 1. The van der Waals surface area contributed by atoms with Crippen LogP contribution in [0.4, 0.5) is 5.69 Å². The summed E-state index contributed by atoms with van der Waals surface area (Å²) in [6.45, 7) is 14.3. The summed E-state index contributed by atoms with van der Waals surface area (Å²) >= 11 is 0. The predicted molar refractivity (Wildman–Crippen MR) is 95.3 cm³/mol. The first-order valence-corrected chi connectivity index (χ1v) is 8.10. The van der Waals surface area contributed by atoms with E-state index in [2.05, 4.69) is 81.6 Å². The van der Waals surface area contributed by atoms with Gasteiger partial charge in [-0.1, -0.05) is 49.9 Å². The van der Waals surface area contributed by atoms with Crippen molar-refractivity contribution in [1.29, 1.82) is 0 Å². The Kier molecular flexibility index (Phi) is 3.60. The Hall–Kier alpha value is -2.02. The maximum Gasteiger partial charge on any atom is 0.0478 e. The van der Waals surface area contributed by atoms with Crippen LogP contribution in [-0.4, -0.2) is 0 Å². The fourth-order valence-corrected chi connectivity index (χ4v) is 3.41. The zero-order chi connectivity index (χ0) is 15.9. The van der Waals surface area contributed by atoms with E-state index in [-0.39, 0.29) is 5.41 Å². The molecule has 1 heterocycles. The van der Waals surface area contributed by atoms with Gasteiger partial charge in [-0.05, 0) is 55.5 Å². The quantitative estimate of drug-likeness (QED) is 0.721. The van der Waals surface area contributed by atoms with Crippen molar-refractivity contribution >= 4 is 5.69 Å². The summed E-state index contributed by atoms with van der Waals surface area (Å²) in [5.41, 5.74) is 8.08. The zero-order valence-electron chi connectivity index (χ0n) is 14.1. The molecule has 1 aliphatic heterocycles. The lowest BCUT2D eigenvalue weighted by Crippen LogP contribution is -2.26. The first-order valence-electron chi connectivity index (χ1n) is 8.10. The number of benzene rings is 2. The Bertz CT molecular complexity index is 714. The van der Waals surface area contributed by atoms with Gasteiger partial charge in [0.2, 0.25) is 0 Å². The van der Waals surface area contributed by atoms with Gasteiger partial charge in [0.05, 0.1) is 0 Å². The summed E-state index contributed by atoms with van der Waals surface area (Å²) in [5, 5.41) is 0. The first kappa shape index (κ1) is 14.9. The van der Waals surface area contributed by atoms with Gasteiger partial charge in [0.15, 0.2) is 0 Å². The Balaban J connectivity index is 2.10. The second-order valence-corrected chi connectivity index (χ2v) is 6.66. The molecule has 1 aliphatic rings. The molecule has 2 aromatic carbocycles. The van der Waals surface area contributed by atoms with E-state index in [0.29, 0.717) is 0 Å². The number of fused-ring (bicyclic) bond motifs is 1. The van der Waals surface area contributed by atoms with Crippen LogP contribution in [0.3, 0.4) is 0 Å². The van der Waals surface area contributed by atoms with Gasteiger partial charge in [0.25, 0.3) is 0 Å². The minimum atomic E-state index is 0.0442. The Morgan fingerprint density at radius 3 is 2.32 bits per heavy atom. The van der Waals surface area contributed by atoms with Crippen LogP contribution in [-0.2, 0) is 12.0 Å². The molecule has 114 valence electrons. The molecule has 1 atom stereocenters. The smallest absolute Gasteiger partial charge is 0.0478 e. The molecule has 0 radical (unpaired) electrons. The number of hydrogen-bond acceptors (Lipinski definition) is 1. The number of rotatable bonds is 3. The van der Waals surface area contributed by atoms with Crippen LogP contribution in [0.5, 0.6) is 0 Å². The van der Waals surface area contributed by atoms with Crippen molar-refractivity contribution in [2.75, 3.05) is 4.90 Å². The average Bonchev–Trinajstić information content (AvgIpc) is 2.72. The van der Waals surface area contributed by atoms with E-state index in [1.807, 2.05) is 0 Å². The van der Waals surface area contributed by atoms with E-state index in [1.165, 1.54) is 33.6 Å². The van der Waals surface area contributed by atoms with Gasteiger partial charge >= 0.3 is 0 Å². The van der Waals surface area contributed by atoms with E-state index in [1.54, 1.807) is 0 Å². The third-order valence-electron chi connectivity index (χ3n) is 5.35. The molecule has 22 heavy (non-hydrogen) atoms. The second-order valence-electron chi connectivity index (χ2n) is 6.66. The van der Waals surface area contributed by atoms with Gasteiger partial charge in [-0.2, -0.15) is 0 Å². The van der Waals surface area contributed by atoms with Crippen molar-refractivity contribution in [3.05, 3.63) is 77.0 Å². The molecule has 0 saturated carbocycles. The third-order valence-corrected chi connectivity index (χ3v) is 5.35. The molecule has 0 spiro atoms. The number of hydrogen-bond donors (Lipinski definition) is 0. The van der Waals surface area contributed by atoms with Gasteiger partial charge in [-0.15, -0.1) is 0 Å². The maximum absolute atomic E-state index is 4.46. The summed E-state index contributed by atoms with van der Waals surface area (Å²) in [5.74, 6) is 0. The normalized spacial score (nSPS) is 20.4. The number of allylic oxidation sites excluding steroid dienone is 1. The molecule has 0 aromatic heterocycles. The van der Waals surface area contributed by atoms with Crippen molar-refractivity contribution in [3.8, 4) is 0 Å². The lowest BCUT2D eigenvalue weighted by atomic mass is 9.79. The van der Waals surface area contributed by atoms with E-state index in [4.69, 9.17) is 0 Å². The fourth-order valence-electron chi connectivity index (χ4n) is 3.41. The summed E-state index contributed by atoms with van der Waals surface area (Å²) in [6.07, 6.45) is 1.08. The number of aryl methyl sites for hydroxylation is 2. The Labute approximate surface area is 134 Å². The van der Waals surface area contributed by atoms with Crippen LogP contribution in [0.25, 0.3) is 0 Å². The lowest BCUT2D eigenvalue weighted by Gasteiger charge is -2.28. The van der Waals surface area contributed by atoms with E-state index in [0.717, 1.165) is 13.0 Å². The van der Waals surface area contributed by atoms with Gasteiger partial charge < -0.3 is 4.90 Å². The minimum Gasteiger partial charge on any atom is -0.340 e. The highest BCUT2D eigenvalue weighted by atomic mass is 15.2. The summed E-state index contributed by atoms with van der Waals surface area (Å²) in [7, 11) is 0. The largest absolute Gasteiger partial charge is 0.340 e. The van der Waals surface area contributed by atoms with Crippen molar-refractivity contribution in [3.63, 3.8) is 0 Å². The molecule has 0 fully saturated rings. The molecule has 1 heteroatoms. The van der Waals surface area contributed by atoms with E-state index >= 15 is 0 Å². The number of nitrogens with zero attached hydrogens (tertiary/aromatic N) is 1. The predicted octanol–water partition coefficient (Wildman–Crippen LogP) is 5.51. The molecule has 0 bridgehead atoms. The zero-order valence-corrected chi connectivity index (χ0v) is 14.1. The van der Waals surface area contributed by atoms with Crippen molar-refractivity contribution in [2.45, 2.75) is 46.1 Å². The van der Waals surface area contributed by atoms with Gasteiger partial charge in [-0.25, -0.2) is 0 Å². The molecule has 0 aliphatic carbocycles. The summed E-state index contributed by atoms with van der Waals surface area (Å²) < 4.78 is 0. The highest BCUT2D eigenvalue weighted by Crippen LogP contribution is 2.50. The molecule has 0 amide bonds. The molecule has 0 N–H and O–H groups in total. The van der Waals surface area contributed by atoms with Crippen LogP contribution in [0.2, 0.25) is 0 Å². The fraction of sp³-hybridized carbons (Fsp3) is 0.333. The highest BCUT2D eigenvalue weighted by Gasteiger charge is 2.41. The van der Waals surface area contributed by atoms with Gasteiger partial charge in [0, 0.05) is 23.3 Å². The standard InChI is InChI=1S/C21H25N/c1-6-21(5)17(4)22(14-18-10-8-7-9-11-18)20-13-16(3)15(2)12-19(20)21/h7-13H,4,6,14H2,1-3,5H3. The Morgan fingerprint density at radius 1 is 1.05 bits per heavy atom. The maximum atomic E-state index is 4.46. The first-order chi connectivity index (χ1) is 10.5. The third kappa shape index (κ3) is 2.16. The topological polar surface area (TPSA) is 3.24 Å².